The first-order chi connectivity index (χ1) is 8.22. The summed E-state index contributed by atoms with van der Waals surface area (Å²) in [4.78, 5) is 21.2. The van der Waals surface area contributed by atoms with Crippen molar-refractivity contribution in [2.75, 3.05) is 11.9 Å². The van der Waals surface area contributed by atoms with Crippen molar-refractivity contribution in [1.29, 1.82) is 0 Å². The van der Waals surface area contributed by atoms with Gasteiger partial charge in [0, 0.05) is 6.54 Å². The second-order valence-corrected chi connectivity index (χ2v) is 5.18. The van der Waals surface area contributed by atoms with Gasteiger partial charge in [-0.25, -0.2) is 4.79 Å². The van der Waals surface area contributed by atoms with Gasteiger partial charge in [0.2, 0.25) is 0 Å². The number of hydrogen-bond donors (Lipinski definition) is 2. The first-order valence-corrected chi connectivity index (χ1v) is 5.47. The van der Waals surface area contributed by atoms with Crippen LogP contribution in [-0.4, -0.2) is 22.5 Å². The average molecular weight is 252 g/mol. The normalized spacial score (nSPS) is 11.1. The molecular weight excluding hydrogens is 236 g/mol. The van der Waals surface area contributed by atoms with E-state index in [2.05, 4.69) is 5.32 Å². The Morgan fingerprint density at radius 3 is 2.50 bits per heavy atom. The molecule has 1 aromatic rings. The largest absolute Gasteiger partial charge is 0.477 e. The summed E-state index contributed by atoms with van der Waals surface area (Å²) in [6.45, 7) is 6.45. The highest BCUT2D eigenvalue weighted by molar-refractivity contribution is 5.95. The first kappa shape index (κ1) is 14.0. The van der Waals surface area contributed by atoms with Crippen LogP contribution < -0.4 is 5.32 Å². The van der Waals surface area contributed by atoms with E-state index in [1.54, 1.807) is 0 Å². The zero-order valence-corrected chi connectivity index (χ0v) is 10.6. The Morgan fingerprint density at radius 2 is 2.06 bits per heavy atom. The van der Waals surface area contributed by atoms with Gasteiger partial charge >= 0.3 is 11.7 Å². The Kier molecular flexibility index (Phi) is 3.90. The van der Waals surface area contributed by atoms with Crippen molar-refractivity contribution in [1.82, 2.24) is 0 Å². The van der Waals surface area contributed by atoms with E-state index < -0.39 is 16.6 Å². The van der Waals surface area contributed by atoms with Gasteiger partial charge < -0.3 is 10.4 Å². The Labute approximate surface area is 105 Å². The third kappa shape index (κ3) is 3.44. The summed E-state index contributed by atoms with van der Waals surface area (Å²) in [6.07, 6.45) is 0. The molecule has 0 atom stereocenters. The quantitative estimate of drug-likeness (QED) is 0.635. The number of nitro benzene ring substituents is 1. The highest BCUT2D eigenvalue weighted by Crippen LogP contribution is 2.29. The fraction of sp³-hybridized carbons (Fsp3) is 0.417. The van der Waals surface area contributed by atoms with Crippen LogP contribution in [0.2, 0.25) is 0 Å². The van der Waals surface area contributed by atoms with E-state index in [-0.39, 0.29) is 16.7 Å². The van der Waals surface area contributed by atoms with Crippen LogP contribution in [0.25, 0.3) is 0 Å². The summed E-state index contributed by atoms with van der Waals surface area (Å²) in [5.74, 6) is -1.30. The maximum atomic E-state index is 11.0. The van der Waals surface area contributed by atoms with Crippen LogP contribution in [-0.2, 0) is 0 Å². The third-order valence-electron chi connectivity index (χ3n) is 2.26. The summed E-state index contributed by atoms with van der Waals surface area (Å²) in [5, 5.41) is 22.8. The highest BCUT2D eigenvalue weighted by atomic mass is 16.6. The van der Waals surface area contributed by atoms with Crippen LogP contribution in [0.4, 0.5) is 11.4 Å². The SMILES string of the molecule is CC(C)(C)CNc1cccc(C(=O)O)c1[N+](=O)[O-]. The third-order valence-corrected chi connectivity index (χ3v) is 2.26. The number of nitrogens with zero attached hydrogens (tertiary/aromatic N) is 1. The lowest BCUT2D eigenvalue weighted by Gasteiger charge is -2.19. The van der Waals surface area contributed by atoms with Crippen molar-refractivity contribution in [3.8, 4) is 0 Å². The van der Waals surface area contributed by atoms with Crippen LogP contribution in [0.3, 0.4) is 0 Å². The summed E-state index contributed by atoms with van der Waals surface area (Å²) < 4.78 is 0. The van der Waals surface area contributed by atoms with Gasteiger partial charge in [-0.15, -0.1) is 0 Å². The Hall–Kier alpha value is -2.11. The number of aromatic carboxylic acids is 1. The minimum absolute atomic E-state index is 0.0624. The van der Waals surface area contributed by atoms with Crippen LogP contribution in [0.5, 0.6) is 0 Å². The summed E-state index contributed by atoms with van der Waals surface area (Å²) in [7, 11) is 0. The van der Waals surface area contributed by atoms with Crippen molar-refractivity contribution >= 4 is 17.3 Å². The molecule has 1 aromatic carbocycles. The summed E-state index contributed by atoms with van der Waals surface area (Å²) >= 11 is 0. The Bertz CT molecular complexity index is 477. The molecule has 6 heteroatoms. The molecule has 98 valence electrons. The van der Waals surface area contributed by atoms with E-state index in [0.717, 1.165) is 0 Å². The zero-order chi connectivity index (χ0) is 13.9. The molecular formula is C12H16N2O4. The molecule has 0 aromatic heterocycles. The number of rotatable bonds is 4. The number of para-hydroxylation sites is 1. The standard InChI is InChI=1S/C12H16N2O4/c1-12(2,3)7-13-9-6-4-5-8(11(15)16)10(9)14(17)18/h4-6,13H,7H2,1-3H3,(H,15,16). The molecule has 0 aliphatic heterocycles. The van der Waals surface area contributed by atoms with E-state index >= 15 is 0 Å². The molecule has 0 aliphatic rings. The zero-order valence-electron chi connectivity index (χ0n) is 10.6. The fourth-order valence-corrected chi connectivity index (χ4v) is 1.42. The predicted molar refractivity (Wildman–Crippen MR) is 68.0 cm³/mol. The monoisotopic (exact) mass is 252 g/mol. The van der Waals surface area contributed by atoms with E-state index in [1.165, 1.54) is 18.2 Å². The van der Waals surface area contributed by atoms with E-state index in [0.29, 0.717) is 6.54 Å². The van der Waals surface area contributed by atoms with Crippen molar-refractivity contribution in [2.45, 2.75) is 20.8 Å². The number of nitro groups is 1. The van der Waals surface area contributed by atoms with Crippen molar-refractivity contribution in [3.63, 3.8) is 0 Å². The van der Waals surface area contributed by atoms with Gasteiger partial charge in [0.25, 0.3) is 0 Å². The van der Waals surface area contributed by atoms with Crippen molar-refractivity contribution in [3.05, 3.63) is 33.9 Å². The number of benzene rings is 1. The van der Waals surface area contributed by atoms with Crippen LogP contribution in [0, 0.1) is 15.5 Å². The summed E-state index contributed by atoms with van der Waals surface area (Å²) in [6, 6.07) is 4.22. The molecule has 0 unspecified atom stereocenters. The van der Waals surface area contributed by atoms with E-state index in [9.17, 15) is 14.9 Å². The molecule has 6 nitrogen and oxygen atoms in total. The van der Waals surface area contributed by atoms with Gasteiger partial charge in [0.05, 0.1) is 4.92 Å². The molecule has 0 fully saturated rings. The number of carboxylic acid groups (broad SMARTS) is 1. The maximum Gasteiger partial charge on any atom is 0.342 e. The maximum absolute atomic E-state index is 11.0. The van der Waals surface area contributed by atoms with Gasteiger partial charge in [-0.05, 0) is 17.5 Å². The summed E-state index contributed by atoms with van der Waals surface area (Å²) in [5.41, 5.74) is -0.532. The van der Waals surface area contributed by atoms with Crippen LogP contribution in [0.1, 0.15) is 31.1 Å². The molecule has 18 heavy (non-hydrogen) atoms. The molecule has 2 N–H and O–H groups in total. The Morgan fingerprint density at radius 1 is 1.44 bits per heavy atom. The minimum atomic E-state index is -1.30. The minimum Gasteiger partial charge on any atom is -0.477 e. The molecule has 0 saturated heterocycles. The molecule has 0 spiro atoms. The lowest BCUT2D eigenvalue weighted by Crippen LogP contribution is -2.20. The number of nitrogens with one attached hydrogen (secondary N) is 1. The number of hydrogen-bond acceptors (Lipinski definition) is 4. The topological polar surface area (TPSA) is 92.5 Å². The number of carboxylic acids is 1. The van der Waals surface area contributed by atoms with Gasteiger partial charge in [0.15, 0.2) is 0 Å². The fourth-order valence-electron chi connectivity index (χ4n) is 1.42. The molecule has 1 rings (SSSR count). The molecule has 0 heterocycles. The van der Waals surface area contributed by atoms with Gasteiger partial charge in [-0.2, -0.15) is 0 Å². The molecule has 0 radical (unpaired) electrons. The second kappa shape index (κ2) is 5.03. The van der Waals surface area contributed by atoms with Gasteiger partial charge in [-0.1, -0.05) is 26.8 Å². The second-order valence-electron chi connectivity index (χ2n) is 5.18. The first-order valence-electron chi connectivity index (χ1n) is 5.47. The average Bonchev–Trinajstić information content (AvgIpc) is 2.24. The van der Waals surface area contributed by atoms with Gasteiger partial charge in [0.1, 0.15) is 11.3 Å². The Balaban J connectivity index is 3.15. The lowest BCUT2D eigenvalue weighted by molar-refractivity contribution is -0.384. The predicted octanol–water partition coefficient (Wildman–Crippen LogP) is 2.75. The van der Waals surface area contributed by atoms with Crippen LogP contribution >= 0.6 is 0 Å². The van der Waals surface area contributed by atoms with Crippen molar-refractivity contribution < 1.29 is 14.8 Å². The van der Waals surface area contributed by atoms with E-state index in [4.69, 9.17) is 5.11 Å². The smallest absolute Gasteiger partial charge is 0.342 e. The van der Waals surface area contributed by atoms with Gasteiger partial charge in [-0.3, -0.25) is 10.1 Å². The molecule has 0 saturated carbocycles. The highest BCUT2D eigenvalue weighted by Gasteiger charge is 2.24. The molecule has 0 aliphatic carbocycles. The van der Waals surface area contributed by atoms with Crippen molar-refractivity contribution in [2.24, 2.45) is 5.41 Å². The van der Waals surface area contributed by atoms with Crippen LogP contribution in [0.15, 0.2) is 18.2 Å². The van der Waals surface area contributed by atoms with E-state index in [1.807, 2.05) is 20.8 Å². The molecule has 0 amide bonds. The lowest BCUT2D eigenvalue weighted by atomic mass is 9.97. The molecule has 0 bridgehead atoms. The number of carbonyl (C=O) groups is 1. The number of anilines is 1.